The topological polar surface area (TPSA) is 72.6 Å². The fraction of sp³-hybridized carbons (Fsp3) is 0.250. The molecule has 0 rings (SSSR count). The first-order valence-corrected chi connectivity index (χ1v) is 2.00. The summed E-state index contributed by atoms with van der Waals surface area (Å²) in [6.45, 7) is 1.56. The van der Waals surface area contributed by atoms with E-state index < -0.39 is 5.97 Å². The maximum absolute atomic E-state index is 10.1. The number of allylic oxidation sites excluding steroid dienone is 1. The van der Waals surface area contributed by atoms with Gasteiger partial charge in [0.1, 0.15) is 5.70 Å². The zero-order chi connectivity index (χ0) is 6.57. The third kappa shape index (κ3) is 1.61. The first-order valence-electron chi connectivity index (χ1n) is 2.00. The monoisotopic (exact) mass is 117 g/mol. The highest BCUT2D eigenvalue weighted by Gasteiger charge is 2.01. The van der Waals surface area contributed by atoms with Crippen molar-refractivity contribution in [1.82, 2.24) is 0 Å². The molecule has 0 unspecified atom stereocenters. The lowest BCUT2D eigenvalue weighted by Gasteiger charge is -1.91. The highest BCUT2D eigenvalue weighted by atomic mass is 17.1. The smallest absolute Gasteiger partial charge is 0.387 e. The Bertz CT molecular complexity index is 118. The van der Waals surface area contributed by atoms with Gasteiger partial charge in [0.05, 0.1) is 0 Å². The predicted octanol–water partition coefficient (Wildman–Crippen LogP) is -0.135. The standard InChI is InChI=1S/C4H7NO3/c1-2-3(5)4(6)8-7/h2,7H,5H2,1H3/b3-2-. The Morgan fingerprint density at radius 2 is 2.38 bits per heavy atom. The van der Waals surface area contributed by atoms with E-state index in [2.05, 4.69) is 4.89 Å². The van der Waals surface area contributed by atoms with Gasteiger partial charge < -0.3 is 5.73 Å². The summed E-state index contributed by atoms with van der Waals surface area (Å²) in [5, 5.41) is 7.67. The lowest BCUT2D eigenvalue weighted by molar-refractivity contribution is -0.229. The normalized spacial score (nSPS) is 11.0. The van der Waals surface area contributed by atoms with Crippen LogP contribution >= 0.6 is 0 Å². The fourth-order valence-electron chi connectivity index (χ4n) is 0.171. The summed E-state index contributed by atoms with van der Waals surface area (Å²) in [6, 6.07) is 0. The molecule has 0 atom stereocenters. The lowest BCUT2D eigenvalue weighted by Crippen LogP contribution is -2.12. The Balaban J connectivity index is 3.83. The molecule has 0 aromatic rings. The summed E-state index contributed by atoms with van der Waals surface area (Å²) in [7, 11) is 0. The molecular weight excluding hydrogens is 110 g/mol. The summed E-state index contributed by atoms with van der Waals surface area (Å²) in [5.41, 5.74) is 4.85. The van der Waals surface area contributed by atoms with Crippen LogP contribution < -0.4 is 5.73 Å². The van der Waals surface area contributed by atoms with E-state index in [1.165, 1.54) is 6.08 Å². The molecule has 0 spiro atoms. The number of carbonyl (C=O) groups is 1. The van der Waals surface area contributed by atoms with Gasteiger partial charge in [0.25, 0.3) is 0 Å². The second-order valence-electron chi connectivity index (χ2n) is 1.12. The summed E-state index contributed by atoms with van der Waals surface area (Å²) in [5.74, 6) is -0.924. The molecule has 0 saturated carbocycles. The molecule has 0 aliphatic heterocycles. The van der Waals surface area contributed by atoms with Crippen LogP contribution in [0.25, 0.3) is 0 Å². The van der Waals surface area contributed by atoms with Gasteiger partial charge in [-0.3, -0.25) is 4.89 Å². The molecule has 0 radical (unpaired) electrons. The van der Waals surface area contributed by atoms with Crippen molar-refractivity contribution in [2.24, 2.45) is 5.73 Å². The summed E-state index contributed by atoms with van der Waals surface area (Å²) >= 11 is 0. The molecule has 4 heteroatoms. The van der Waals surface area contributed by atoms with Crippen LogP contribution in [-0.2, 0) is 9.68 Å². The minimum absolute atomic E-state index is 0.104. The van der Waals surface area contributed by atoms with Crippen LogP contribution in [0, 0.1) is 0 Å². The number of carbonyl (C=O) groups excluding carboxylic acids is 1. The van der Waals surface area contributed by atoms with Crippen LogP contribution in [0.5, 0.6) is 0 Å². The molecule has 0 heterocycles. The van der Waals surface area contributed by atoms with E-state index in [0.717, 1.165) is 0 Å². The summed E-state index contributed by atoms with van der Waals surface area (Å²) in [4.78, 5) is 13.3. The van der Waals surface area contributed by atoms with Gasteiger partial charge in [0.15, 0.2) is 0 Å². The Morgan fingerprint density at radius 3 is 2.50 bits per heavy atom. The van der Waals surface area contributed by atoms with Crippen LogP contribution in [0.2, 0.25) is 0 Å². The van der Waals surface area contributed by atoms with Crippen molar-refractivity contribution < 1.29 is 14.9 Å². The van der Waals surface area contributed by atoms with E-state index in [4.69, 9.17) is 11.0 Å². The molecule has 8 heavy (non-hydrogen) atoms. The number of nitrogens with two attached hydrogens (primary N) is 1. The molecular formula is C4H7NO3. The molecule has 3 N–H and O–H groups in total. The first-order chi connectivity index (χ1) is 3.72. The van der Waals surface area contributed by atoms with Gasteiger partial charge in [-0.1, -0.05) is 6.08 Å². The van der Waals surface area contributed by atoms with E-state index in [-0.39, 0.29) is 5.70 Å². The van der Waals surface area contributed by atoms with E-state index in [1.807, 2.05) is 0 Å². The molecule has 0 aliphatic carbocycles. The molecule has 0 aliphatic rings. The van der Waals surface area contributed by atoms with Gasteiger partial charge in [0, 0.05) is 0 Å². The van der Waals surface area contributed by atoms with Gasteiger partial charge in [-0.2, -0.15) is 5.26 Å². The highest BCUT2D eigenvalue weighted by Crippen LogP contribution is 1.83. The summed E-state index contributed by atoms with van der Waals surface area (Å²) < 4.78 is 0. The molecule has 0 fully saturated rings. The average Bonchev–Trinajstić information content (AvgIpc) is 1.84. The number of hydrogen-bond donors (Lipinski definition) is 2. The van der Waals surface area contributed by atoms with E-state index in [9.17, 15) is 4.79 Å². The SMILES string of the molecule is C/C=C(\N)C(=O)OO. The zero-order valence-corrected chi connectivity index (χ0v) is 4.42. The Labute approximate surface area is 46.5 Å². The largest absolute Gasteiger partial charge is 0.393 e. The molecule has 0 amide bonds. The predicted molar refractivity (Wildman–Crippen MR) is 26.7 cm³/mol. The van der Waals surface area contributed by atoms with Crippen molar-refractivity contribution in [3.63, 3.8) is 0 Å². The minimum atomic E-state index is -0.924. The highest BCUT2D eigenvalue weighted by molar-refractivity contribution is 5.86. The van der Waals surface area contributed by atoms with Gasteiger partial charge in [-0.15, -0.1) is 0 Å². The molecule has 46 valence electrons. The third-order valence-electron chi connectivity index (χ3n) is 0.630. The van der Waals surface area contributed by atoms with Crippen LogP contribution in [0.1, 0.15) is 6.92 Å². The van der Waals surface area contributed by atoms with Crippen molar-refractivity contribution in [1.29, 1.82) is 0 Å². The second-order valence-corrected chi connectivity index (χ2v) is 1.12. The van der Waals surface area contributed by atoms with Crippen LogP contribution in [0.15, 0.2) is 11.8 Å². The molecule has 0 aromatic heterocycles. The van der Waals surface area contributed by atoms with Crippen molar-refractivity contribution >= 4 is 5.97 Å². The van der Waals surface area contributed by atoms with E-state index >= 15 is 0 Å². The number of rotatable bonds is 1. The molecule has 0 saturated heterocycles. The minimum Gasteiger partial charge on any atom is -0.393 e. The Kier molecular flexibility index (Phi) is 2.64. The van der Waals surface area contributed by atoms with Crippen molar-refractivity contribution in [3.8, 4) is 0 Å². The lowest BCUT2D eigenvalue weighted by atomic mass is 10.4. The van der Waals surface area contributed by atoms with Crippen molar-refractivity contribution in [2.75, 3.05) is 0 Å². The number of hydrogen-bond acceptors (Lipinski definition) is 4. The third-order valence-corrected chi connectivity index (χ3v) is 0.630. The van der Waals surface area contributed by atoms with Gasteiger partial charge in [-0.05, 0) is 6.92 Å². The zero-order valence-electron chi connectivity index (χ0n) is 4.42. The quantitative estimate of drug-likeness (QED) is 0.285. The van der Waals surface area contributed by atoms with E-state index in [1.54, 1.807) is 6.92 Å². The van der Waals surface area contributed by atoms with Gasteiger partial charge in [0.2, 0.25) is 0 Å². The molecule has 0 bridgehead atoms. The van der Waals surface area contributed by atoms with E-state index in [0.29, 0.717) is 0 Å². The van der Waals surface area contributed by atoms with Crippen LogP contribution in [-0.4, -0.2) is 11.2 Å². The maximum Gasteiger partial charge on any atom is 0.387 e. The molecule has 0 aromatic carbocycles. The Hall–Kier alpha value is -1.03. The fourth-order valence-corrected chi connectivity index (χ4v) is 0.171. The van der Waals surface area contributed by atoms with Gasteiger partial charge in [-0.25, -0.2) is 4.79 Å². The average molecular weight is 117 g/mol. The molecule has 4 nitrogen and oxygen atoms in total. The van der Waals surface area contributed by atoms with Crippen molar-refractivity contribution in [3.05, 3.63) is 11.8 Å². The van der Waals surface area contributed by atoms with Crippen molar-refractivity contribution in [2.45, 2.75) is 6.92 Å². The van der Waals surface area contributed by atoms with Gasteiger partial charge >= 0.3 is 5.97 Å². The maximum atomic E-state index is 10.1. The van der Waals surface area contributed by atoms with Crippen LogP contribution in [0.4, 0.5) is 0 Å². The summed E-state index contributed by atoms with van der Waals surface area (Å²) in [6.07, 6.45) is 1.33. The first kappa shape index (κ1) is 6.97. The van der Waals surface area contributed by atoms with Crippen LogP contribution in [0.3, 0.4) is 0 Å². The Morgan fingerprint density at radius 1 is 1.88 bits per heavy atom. The second kappa shape index (κ2) is 3.04.